The molecule has 4 rings (SSSR count). The number of aryl methyl sites for hydroxylation is 1. The molecule has 0 saturated heterocycles. The summed E-state index contributed by atoms with van der Waals surface area (Å²) in [6.45, 7) is 0. The van der Waals surface area contributed by atoms with Crippen LogP contribution in [0.2, 0.25) is 0 Å². The molecule has 1 fully saturated rings. The Morgan fingerprint density at radius 2 is 2.12 bits per heavy atom. The van der Waals surface area contributed by atoms with Gasteiger partial charge in [0.2, 0.25) is 5.82 Å². The summed E-state index contributed by atoms with van der Waals surface area (Å²) >= 11 is 0. The van der Waals surface area contributed by atoms with Gasteiger partial charge < -0.3 is 9.26 Å². The molecule has 3 aromatic heterocycles. The molecule has 7 heteroatoms. The van der Waals surface area contributed by atoms with Crippen molar-refractivity contribution >= 4 is 0 Å². The first-order valence-corrected chi connectivity index (χ1v) is 8.06. The van der Waals surface area contributed by atoms with Gasteiger partial charge in [-0.25, -0.2) is 0 Å². The highest BCUT2D eigenvalue weighted by Crippen LogP contribution is 2.41. The molecule has 0 radical (unpaired) electrons. The molecule has 1 aliphatic rings. The molecule has 0 aliphatic heterocycles. The molecule has 0 bridgehead atoms. The van der Waals surface area contributed by atoms with Crippen molar-refractivity contribution in [3.63, 3.8) is 0 Å². The van der Waals surface area contributed by atoms with E-state index < -0.39 is 5.60 Å². The number of hydrogen-bond donors (Lipinski definition) is 0. The number of pyridine rings is 1. The first-order chi connectivity index (χ1) is 11.7. The van der Waals surface area contributed by atoms with Crippen molar-refractivity contribution in [1.82, 2.24) is 24.9 Å². The maximum Gasteiger partial charge on any atom is 0.260 e. The Morgan fingerprint density at radius 1 is 1.29 bits per heavy atom. The smallest absolute Gasteiger partial charge is 0.260 e. The molecule has 3 aromatic rings. The van der Waals surface area contributed by atoms with Crippen LogP contribution in [0.25, 0.3) is 22.7 Å². The zero-order chi connectivity index (χ0) is 16.6. The van der Waals surface area contributed by atoms with Crippen molar-refractivity contribution in [1.29, 1.82) is 0 Å². The van der Waals surface area contributed by atoms with Crippen LogP contribution in [-0.4, -0.2) is 32.0 Å². The van der Waals surface area contributed by atoms with Gasteiger partial charge in [0, 0.05) is 32.1 Å². The Balaban J connectivity index is 1.76. The molecule has 7 nitrogen and oxygen atoms in total. The minimum Gasteiger partial charge on any atom is -0.370 e. The lowest BCUT2D eigenvalue weighted by Gasteiger charge is -2.22. The third-order valence-corrected chi connectivity index (χ3v) is 4.65. The maximum atomic E-state index is 5.74. The van der Waals surface area contributed by atoms with Gasteiger partial charge >= 0.3 is 0 Å². The van der Waals surface area contributed by atoms with Crippen molar-refractivity contribution in [3.8, 4) is 22.7 Å². The van der Waals surface area contributed by atoms with E-state index in [-0.39, 0.29) is 0 Å². The van der Waals surface area contributed by atoms with Crippen LogP contribution in [0.4, 0.5) is 0 Å². The van der Waals surface area contributed by atoms with Gasteiger partial charge in [0.15, 0.2) is 0 Å². The van der Waals surface area contributed by atoms with Gasteiger partial charge in [-0.05, 0) is 37.8 Å². The summed E-state index contributed by atoms with van der Waals surface area (Å²) in [7, 11) is 3.59. The summed E-state index contributed by atoms with van der Waals surface area (Å²) in [5.74, 6) is 1.08. The third kappa shape index (κ3) is 2.41. The minimum atomic E-state index is -0.418. The molecule has 3 heterocycles. The van der Waals surface area contributed by atoms with Crippen molar-refractivity contribution < 1.29 is 9.26 Å². The van der Waals surface area contributed by atoms with Crippen LogP contribution in [-0.2, 0) is 17.4 Å². The van der Waals surface area contributed by atoms with Crippen molar-refractivity contribution in [2.24, 2.45) is 7.05 Å². The van der Waals surface area contributed by atoms with E-state index in [1.807, 2.05) is 25.4 Å². The molecule has 0 amide bonds. The van der Waals surface area contributed by atoms with E-state index in [0.717, 1.165) is 42.5 Å². The van der Waals surface area contributed by atoms with E-state index in [9.17, 15) is 0 Å². The topological polar surface area (TPSA) is 78.9 Å². The van der Waals surface area contributed by atoms with E-state index in [4.69, 9.17) is 9.26 Å². The van der Waals surface area contributed by atoms with Crippen LogP contribution < -0.4 is 0 Å². The molecule has 1 aliphatic carbocycles. The summed E-state index contributed by atoms with van der Waals surface area (Å²) < 4.78 is 13.0. The van der Waals surface area contributed by atoms with Gasteiger partial charge in [0.1, 0.15) is 5.60 Å². The van der Waals surface area contributed by atoms with Crippen molar-refractivity contribution in [3.05, 3.63) is 36.5 Å². The maximum absolute atomic E-state index is 5.74. The largest absolute Gasteiger partial charge is 0.370 e. The molecule has 124 valence electrons. The number of ether oxygens (including phenoxy) is 1. The lowest BCUT2D eigenvalue weighted by molar-refractivity contribution is -0.0178. The predicted molar refractivity (Wildman–Crippen MR) is 86.9 cm³/mol. The Hall–Kier alpha value is -2.54. The fourth-order valence-electron chi connectivity index (χ4n) is 3.33. The number of nitrogens with zero attached hydrogens (tertiary/aromatic N) is 5. The number of aromatic nitrogens is 5. The first-order valence-electron chi connectivity index (χ1n) is 8.06. The average Bonchev–Trinajstić information content (AvgIpc) is 3.35. The fraction of sp³-hybridized carbons (Fsp3) is 0.412. The number of hydrogen-bond acceptors (Lipinski definition) is 6. The van der Waals surface area contributed by atoms with Crippen molar-refractivity contribution in [2.45, 2.75) is 31.3 Å². The Morgan fingerprint density at radius 3 is 2.83 bits per heavy atom. The average molecular weight is 325 g/mol. The zero-order valence-corrected chi connectivity index (χ0v) is 13.8. The van der Waals surface area contributed by atoms with Crippen LogP contribution in [0.3, 0.4) is 0 Å². The Bertz CT molecular complexity index is 848. The second kappa shape index (κ2) is 5.83. The van der Waals surface area contributed by atoms with E-state index in [0.29, 0.717) is 11.7 Å². The highest BCUT2D eigenvalue weighted by molar-refractivity contribution is 5.75. The van der Waals surface area contributed by atoms with Gasteiger partial charge in [0.25, 0.3) is 5.89 Å². The molecular formula is C17H19N5O2. The zero-order valence-electron chi connectivity index (χ0n) is 13.8. The molecule has 1 saturated carbocycles. The second-order valence-electron chi connectivity index (χ2n) is 6.13. The van der Waals surface area contributed by atoms with Gasteiger partial charge in [-0.2, -0.15) is 10.1 Å². The van der Waals surface area contributed by atoms with E-state index in [2.05, 4.69) is 20.2 Å². The highest BCUT2D eigenvalue weighted by Gasteiger charge is 2.40. The van der Waals surface area contributed by atoms with Gasteiger partial charge in [-0.1, -0.05) is 5.16 Å². The summed E-state index contributed by atoms with van der Waals surface area (Å²) in [4.78, 5) is 9.10. The lowest BCUT2D eigenvalue weighted by Crippen LogP contribution is -2.25. The first kappa shape index (κ1) is 15.0. The van der Waals surface area contributed by atoms with Gasteiger partial charge in [-0.3, -0.25) is 9.67 Å². The third-order valence-electron chi connectivity index (χ3n) is 4.65. The molecular weight excluding hydrogens is 306 g/mol. The van der Waals surface area contributed by atoms with Crippen LogP contribution >= 0.6 is 0 Å². The van der Waals surface area contributed by atoms with Crippen molar-refractivity contribution in [2.75, 3.05) is 7.11 Å². The van der Waals surface area contributed by atoms with Crippen LogP contribution in [0.15, 0.2) is 35.2 Å². The molecule has 0 unspecified atom stereocenters. The number of rotatable bonds is 4. The van der Waals surface area contributed by atoms with Crippen LogP contribution in [0, 0.1) is 0 Å². The minimum absolute atomic E-state index is 0.418. The molecule has 0 N–H and O–H groups in total. The quantitative estimate of drug-likeness (QED) is 0.734. The summed E-state index contributed by atoms with van der Waals surface area (Å²) in [5, 5.41) is 8.41. The van der Waals surface area contributed by atoms with Crippen LogP contribution in [0.5, 0.6) is 0 Å². The van der Waals surface area contributed by atoms with Gasteiger partial charge in [0.05, 0.1) is 17.5 Å². The number of methoxy groups -OCH3 is 1. The Kier molecular flexibility index (Phi) is 3.65. The molecule has 0 aromatic carbocycles. The lowest BCUT2D eigenvalue weighted by atomic mass is 10.0. The normalized spacial score (nSPS) is 16.6. The second-order valence-corrected chi connectivity index (χ2v) is 6.13. The summed E-state index contributed by atoms with van der Waals surface area (Å²) in [6, 6.07) is 3.79. The molecule has 0 atom stereocenters. The summed E-state index contributed by atoms with van der Waals surface area (Å²) in [5.41, 5.74) is 2.07. The fourth-order valence-corrected chi connectivity index (χ4v) is 3.33. The summed E-state index contributed by atoms with van der Waals surface area (Å²) in [6.07, 6.45) is 9.51. The van der Waals surface area contributed by atoms with E-state index >= 15 is 0 Å². The highest BCUT2D eigenvalue weighted by atomic mass is 16.5. The van der Waals surface area contributed by atoms with E-state index in [1.165, 1.54) is 0 Å². The Labute approximate surface area is 139 Å². The molecule has 0 spiro atoms. The monoisotopic (exact) mass is 325 g/mol. The SMILES string of the molecule is COC1(c2noc(-c3cccnc3-c3cnn(C)c3)n2)CCCC1. The van der Waals surface area contributed by atoms with Crippen LogP contribution in [0.1, 0.15) is 31.5 Å². The van der Waals surface area contributed by atoms with Gasteiger partial charge in [-0.15, -0.1) is 0 Å². The molecule has 24 heavy (non-hydrogen) atoms. The predicted octanol–water partition coefficient (Wildman–Crippen LogP) is 2.95. The van der Waals surface area contributed by atoms with E-state index in [1.54, 1.807) is 24.2 Å². The standard InChI is InChI=1S/C17H19N5O2/c1-22-11-12(10-19-22)14-13(6-5-9-18-14)15-20-16(21-24-15)17(23-2)7-3-4-8-17/h5-6,9-11H,3-4,7-8H2,1-2H3.